The van der Waals surface area contributed by atoms with Gasteiger partial charge in [0.15, 0.2) is 23.3 Å². The summed E-state index contributed by atoms with van der Waals surface area (Å²) in [4.78, 5) is 1.80. The number of rotatable bonds is 6. The fourth-order valence-electron chi connectivity index (χ4n) is 7.29. The van der Waals surface area contributed by atoms with Crippen LogP contribution in [0.25, 0.3) is 60.5 Å². The van der Waals surface area contributed by atoms with Gasteiger partial charge in [0.05, 0.1) is 22.3 Å². The summed E-state index contributed by atoms with van der Waals surface area (Å²) in [5.41, 5.74) is 5.76. The third kappa shape index (κ3) is 5.37. The molecule has 1 aromatic heterocycles. The molecule has 2 nitrogen and oxygen atoms in total. The number of aromatic nitrogens is 1. The number of fused-ring (bicyclic) bond motifs is 4. The fraction of sp³-hybridized carbons (Fsp3) is 0. The molecule has 262 valence electrons. The van der Waals surface area contributed by atoms with Crippen molar-refractivity contribution in [1.29, 1.82) is 0 Å². The molecule has 0 radical (unpaired) electrons. The van der Waals surface area contributed by atoms with E-state index in [1.165, 1.54) is 36.4 Å². The lowest BCUT2D eigenvalue weighted by molar-refractivity contribution is 0.381. The van der Waals surface area contributed by atoms with Gasteiger partial charge in [0.25, 0.3) is 0 Å². The number of benzene rings is 8. The van der Waals surface area contributed by atoms with Crippen molar-refractivity contribution in [2.45, 2.75) is 0 Å². The van der Waals surface area contributed by atoms with Crippen LogP contribution in [0, 0.1) is 34.9 Å². The molecule has 0 atom stereocenters. The van der Waals surface area contributed by atoms with Crippen LogP contribution in [0.1, 0.15) is 0 Å². The summed E-state index contributed by atoms with van der Waals surface area (Å²) in [5.74, 6) is -10.5. The lowest BCUT2D eigenvalue weighted by Gasteiger charge is -2.26. The first-order valence-corrected chi connectivity index (χ1v) is 17.1. The maximum absolute atomic E-state index is 14.6. The average molecular weight is 721 g/mol. The largest absolute Gasteiger partial charge is 0.311 e. The molecule has 9 aromatic rings. The molecule has 8 heteroatoms. The van der Waals surface area contributed by atoms with Gasteiger partial charge in [-0.3, -0.25) is 0 Å². The Morgan fingerprint density at radius 1 is 0.370 bits per heavy atom. The van der Waals surface area contributed by atoms with E-state index in [-0.39, 0.29) is 5.56 Å². The summed E-state index contributed by atoms with van der Waals surface area (Å²) in [6.45, 7) is 0. The van der Waals surface area contributed by atoms with E-state index in [1.807, 2.05) is 42.5 Å². The zero-order valence-corrected chi connectivity index (χ0v) is 28.2. The highest BCUT2D eigenvalue weighted by atomic mass is 19.2. The van der Waals surface area contributed by atoms with E-state index in [0.29, 0.717) is 17.1 Å². The zero-order chi connectivity index (χ0) is 37.1. The third-order valence-corrected chi connectivity index (χ3v) is 9.85. The Balaban J connectivity index is 1.11. The second-order valence-corrected chi connectivity index (χ2v) is 12.9. The van der Waals surface area contributed by atoms with Crippen molar-refractivity contribution < 1.29 is 26.3 Å². The minimum Gasteiger partial charge on any atom is -0.311 e. The molecule has 0 saturated carbocycles. The Morgan fingerprint density at radius 2 is 0.870 bits per heavy atom. The van der Waals surface area contributed by atoms with Crippen LogP contribution < -0.4 is 4.90 Å². The van der Waals surface area contributed by atoms with Gasteiger partial charge in [-0.05, 0) is 94.9 Å². The van der Waals surface area contributed by atoms with E-state index in [9.17, 15) is 26.3 Å². The van der Waals surface area contributed by atoms with Crippen LogP contribution in [0.15, 0.2) is 158 Å². The second-order valence-electron chi connectivity index (χ2n) is 12.9. The smallest absolute Gasteiger partial charge is 0.200 e. The molecule has 0 amide bonds. The molecular formula is C46H26F6N2. The highest BCUT2D eigenvalue weighted by Gasteiger charge is 2.27. The van der Waals surface area contributed by atoms with Crippen LogP contribution in [-0.2, 0) is 0 Å². The van der Waals surface area contributed by atoms with Crippen molar-refractivity contribution >= 4 is 49.6 Å². The average Bonchev–Trinajstić information content (AvgIpc) is 3.54. The van der Waals surface area contributed by atoms with Crippen LogP contribution >= 0.6 is 0 Å². The van der Waals surface area contributed by atoms with E-state index < -0.39 is 40.5 Å². The monoisotopic (exact) mass is 720 g/mol. The van der Waals surface area contributed by atoms with Gasteiger partial charge in [0, 0.05) is 33.2 Å². The van der Waals surface area contributed by atoms with E-state index in [4.69, 9.17) is 0 Å². The van der Waals surface area contributed by atoms with Crippen molar-refractivity contribution in [3.8, 4) is 27.9 Å². The molecule has 0 aliphatic rings. The Hall–Kier alpha value is -6.80. The van der Waals surface area contributed by atoms with Crippen molar-refractivity contribution in [3.05, 3.63) is 193 Å². The number of anilines is 3. The van der Waals surface area contributed by atoms with E-state index in [2.05, 4.69) is 71.3 Å². The molecule has 0 aliphatic heterocycles. The first kappa shape index (κ1) is 33.1. The van der Waals surface area contributed by atoms with Crippen molar-refractivity contribution in [2.75, 3.05) is 4.90 Å². The summed E-state index contributed by atoms with van der Waals surface area (Å²) < 4.78 is 87.2. The Kier molecular flexibility index (Phi) is 7.96. The molecule has 0 spiro atoms. The van der Waals surface area contributed by atoms with Crippen molar-refractivity contribution in [3.63, 3.8) is 0 Å². The highest BCUT2D eigenvalue weighted by molar-refractivity contribution is 6.11. The zero-order valence-electron chi connectivity index (χ0n) is 28.2. The molecule has 9 rings (SSSR count). The van der Waals surface area contributed by atoms with Gasteiger partial charge < -0.3 is 9.47 Å². The lowest BCUT2D eigenvalue weighted by atomic mass is 10.0. The molecule has 0 fully saturated rings. The number of hydrogen-bond donors (Lipinski definition) is 0. The van der Waals surface area contributed by atoms with Crippen LogP contribution in [0.3, 0.4) is 0 Å². The van der Waals surface area contributed by atoms with Crippen LogP contribution in [0.2, 0.25) is 0 Å². The Morgan fingerprint density at radius 3 is 1.54 bits per heavy atom. The maximum atomic E-state index is 14.6. The Labute approximate surface area is 305 Å². The van der Waals surface area contributed by atoms with Crippen LogP contribution in [0.4, 0.5) is 43.4 Å². The van der Waals surface area contributed by atoms with Crippen LogP contribution in [0.5, 0.6) is 0 Å². The quantitative estimate of drug-likeness (QED) is 0.0943. The minimum atomic E-state index is -2.22. The van der Waals surface area contributed by atoms with Gasteiger partial charge in [-0.25, -0.2) is 26.3 Å². The van der Waals surface area contributed by atoms with Gasteiger partial charge in [0.1, 0.15) is 5.82 Å². The highest BCUT2D eigenvalue weighted by Crippen LogP contribution is 2.40. The van der Waals surface area contributed by atoms with E-state index >= 15 is 0 Å². The van der Waals surface area contributed by atoms with Crippen molar-refractivity contribution in [1.82, 2.24) is 4.57 Å². The standard InChI is InChI=1S/C46H26F6N2/c47-31-17-23-34(24-18-31)53(33-21-14-29(15-22-33)41-42(48)44(50)46(52)45(51)43(41)49)32-19-12-27(13-20-32)30-16-25-40-37(26-30)36-9-3-4-10-39(36)54(40)38-11-5-7-28-6-1-2-8-35(28)38/h1-26H. The van der Waals surface area contributed by atoms with E-state index in [1.54, 1.807) is 17.0 Å². The summed E-state index contributed by atoms with van der Waals surface area (Å²) in [5, 5.41) is 4.53. The predicted octanol–water partition coefficient (Wildman–Crippen LogP) is 13.6. The molecule has 54 heavy (non-hydrogen) atoms. The van der Waals surface area contributed by atoms with Gasteiger partial charge >= 0.3 is 0 Å². The molecule has 0 N–H and O–H groups in total. The van der Waals surface area contributed by atoms with Gasteiger partial charge in [-0.2, -0.15) is 0 Å². The van der Waals surface area contributed by atoms with Crippen molar-refractivity contribution in [2.24, 2.45) is 0 Å². The number of hydrogen-bond acceptors (Lipinski definition) is 1. The first-order valence-electron chi connectivity index (χ1n) is 17.1. The maximum Gasteiger partial charge on any atom is 0.200 e. The third-order valence-electron chi connectivity index (χ3n) is 9.85. The number of nitrogens with zero attached hydrogens (tertiary/aromatic N) is 2. The minimum absolute atomic E-state index is 0.196. The van der Waals surface area contributed by atoms with Gasteiger partial charge in [-0.15, -0.1) is 0 Å². The number of halogens is 6. The van der Waals surface area contributed by atoms with Gasteiger partial charge in [0.2, 0.25) is 5.82 Å². The summed E-state index contributed by atoms with van der Waals surface area (Å²) in [6, 6.07) is 48.5. The normalized spacial score (nSPS) is 11.5. The molecule has 8 aromatic carbocycles. The number of para-hydroxylation sites is 1. The first-order chi connectivity index (χ1) is 26.3. The summed E-state index contributed by atoms with van der Waals surface area (Å²) in [7, 11) is 0. The molecule has 0 bridgehead atoms. The molecule has 0 unspecified atom stereocenters. The molecule has 0 saturated heterocycles. The summed E-state index contributed by atoms with van der Waals surface area (Å²) >= 11 is 0. The topological polar surface area (TPSA) is 8.17 Å². The lowest BCUT2D eigenvalue weighted by Crippen LogP contribution is -2.10. The second kappa shape index (κ2) is 13.0. The summed E-state index contributed by atoms with van der Waals surface area (Å²) in [6.07, 6.45) is 0. The van der Waals surface area contributed by atoms with E-state index in [0.717, 1.165) is 49.4 Å². The molecular weight excluding hydrogens is 695 g/mol. The Bertz CT molecular complexity index is 2850. The molecule has 1 heterocycles. The van der Waals surface area contributed by atoms with Gasteiger partial charge in [-0.1, -0.05) is 84.9 Å². The predicted molar refractivity (Wildman–Crippen MR) is 204 cm³/mol. The molecule has 0 aliphatic carbocycles. The SMILES string of the molecule is Fc1ccc(N(c2ccc(-c3ccc4c(c3)c3ccccc3n4-c3cccc4ccccc34)cc2)c2ccc(-c3c(F)c(F)c(F)c(F)c3F)cc2)cc1. The fourth-order valence-corrected chi connectivity index (χ4v) is 7.29. The van der Waals surface area contributed by atoms with Crippen LogP contribution in [-0.4, -0.2) is 4.57 Å².